The summed E-state index contributed by atoms with van der Waals surface area (Å²) < 4.78 is 5.65. The number of amides is 1. The fourth-order valence-corrected chi connectivity index (χ4v) is 3.39. The lowest BCUT2D eigenvalue weighted by Crippen LogP contribution is -2.35. The van der Waals surface area contributed by atoms with E-state index in [-0.39, 0.29) is 11.3 Å². The van der Waals surface area contributed by atoms with Crippen LogP contribution < -0.4 is 11.1 Å². The second-order valence-electron chi connectivity index (χ2n) is 7.20. The van der Waals surface area contributed by atoms with Crippen LogP contribution in [0.3, 0.4) is 0 Å². The Kier molecular flexibility index (Phi) is 5.93. The van der Waals surface area contributed by atoms with Gasteiger partial charge in [0.25, 0.3) is 5.69 Å². The fourth-order valence-electron chi connectivity index (χ4n) is 3.39. The van der Waals surface area contributed by atoms with Gasteiger partial charge in [-0.25, -0.2) is 4.98 Å². The lowest BCUT2D eigenvalue weighted by molar-refractivity contribution is -0.384. The van der Waals surface area contributed by atoms with E-state index in [1.807, 2.05) is 13.8 Å². The van der Waals surface area contributed by atoms with Gasteiger partial charge in [-0.3, -0.25) is 19.8 Å². The number of aryl methyl sites for hydroxylation is 2. The largest absolute Gasteiger partial charge is 0.444 e. The Balaban J connectivity index is 1.52. The van der Waals surface area contributed by atoms with Gasteiger partial charge in [-0.15, -0.1) is 0 Å². The van der Waals surface area contributed by atoms with Gasteiger partial charge < -0.3 is 15.5 Å². The van der Waals surface area contributed by atoms with Crippen LogP contribution >= 0.6 is 0 Å². The summed E-state index contributed by atoms with van der Waals surface area (Å²) in [6.45, 7) is 7.05. The Morgan fingerprint density at radius 3 is 2.68 bits per heavy atom. The number of piperidine rings is 1. The van der Waals surface area contributed by atoms with Crippen LogP contribution in [0.5, 0.6) is 0 Å². The minimum absolute atomic E-state index is 0.127. The maximum atomic E-state index is 11.3. The molecule has 9 nitrogen and oxygen atoms in total. The minimum atomic E-state index is -0.682. The molecule has 1 aliphatic heterocycles. The summed E-state index contributed by atoms with van der Waals surface area (Å²) in [5.74, 6) is 1.34. The van der Waals surface area contributed by atoms with E-state index in [0.717, 1.165) is 43.3 Å². The van der Waals surface area contributed by atoms with Crippen LogP contribution in [0.1, 0.15) is 40.5 Å². The predicted molar refractivity (Wildman–Crippen MR) is 104 cm³/mol. The van der Waals surface area contributed by atoms with Gasteiger partial charge in [0.15, 0.2) is 0 Å². The molecule has 9 heteroatoms. The van der Waals surface area contributed by atoms with E-state index >= 15 is 0 Å². The molecule has 1 fully saturated rings. The number of anilines is 1. The number of carbonyl (C=O) groups is 1. The van der Waals surface area contributed by atoms with E-state index in [0.29, 0.717) is 24.7 Å². The highest BCUT2D eigenvalue weighted by Gasteiger charge is 2.22. The molecule has 28 heavy (non-hydrogen) atoms. The van der Waals surface area contributed by atoms with Gasteiger partial charge in [0, 0.05) is 18.2 Å². The van der Waals surface area contributed by atoms with Crippen molar-refractivity contribution < 1.29 is 14.1 Å². The zero-order valence-corrected chi connectivity index (χ0v) is 16.1. The van der Waals surface area contributed by atoms with Crippen molar-refractivity contribution in [2.45, 2.75) is 33.2 Å². The second kappa shape index (κ2) is 8.39. The molecule has 1 saturated heterocycles. The van der Waals surface area contributed by atoms with E-state index < -0.39 is 10.8 Å². The Morgan fingerprint density at radius 2 is 2.11 bits per heavy atom. The summed E-state index contributed by atoms with van der Waals surface area (Å²) in [7, 11) is 0. The van der Waals surface area contributed by atoms with Crippen molar-refractivity contribution in [2.75, 3.05) is 25.0 Å². The minimum Gasteiger partial charge on any atom is -0.444 e. The van der Waals surface area contributed by atoms with Gasteiger partial charge in [0.05, 0.1) is 17.2 Å². The number of benzene rings is 1. The molecule has 1 aromatic carbocycles. The molecule has 2 heterocycles. The van der Waals surface area contributed by atoms with Crippen LogP contribution in [0.25, 0.3) is 0 Å². The van der Waals surface area contributed by atoms with Crippen molar-refractivity contribution in [2.24, 2.45) is 11.7 Å². The number of carbonyl (C=O) groups excluding carboxylic acids is 1. The average Bonchev–Trinajstić information content (AvgIpc) is 2.98. The van der Waals surface area contributed by atoms with Gasteiger partial charge in [0.2, 0.25) is 11.8 Å². The molecule has 0 bridgehead atoms. The number of nitro groups is 1. The second-order valence-corrected chi connectivity index (χ2v) is 7.20. The molecule has 2 aromatic rings. The summed E-state index contributed by atoms with van der Waals surface area (Å²) in [5.41, 5.74) is 6.53. The predicted octanol–water partition coefficient (Wildman–Crippen LogP) is 2.62. The quantitative estimate of drug-likeness (QED) is 0.552. The number of nitro benzene ring substituents is 1. The molecular weight excluding hydrogens is 362 g/mol. The monoisotopic (exact) mass is 387 g/mol. The number of likely N-dealkylation sites (tertiary alicyclic amines) is 1. The lowest BCUT2D eigenvalue weighted by Gasteiger charge is -2.31. The van der Waals surface area contributed by atoms with Crippen LogP contribution in [0.4, 0.5) is 11.4 Å². The smallest absolute Gasteiger partial charge is 0.293 e. The normalized spacial score (nSPS) is 15.5. The van der Waals surface area contributed by atoms with Crippen LogP contribution in [-0.4, -0.2) is 40.3 Å². The first-order chi connectivity index (χ1) is 13.3. The maximum absolute atomic E-state index is 11.3. The average molecular weight is 387 g/mol. The maximum Gasteiger partial charge on any atom is 0.293 e. The first kappa shape index (κ1) is 19.8. The molecule has 1 aliphatic rings. The van der Waals surface area contributed by atoms with Gasteiger partial charge in [-0.05, 0) is 57.8 Å². The SMILES string of the molecule is Cc1nc(CN2CCC(CNc3ccc(C(N)=O)cc3[N+](=O)[O-])CC2)oc1C. The number of aromatic nitrogens is 1. The van der Waals surface area contributed by atoms with Crippen molar-refractivity contribution in [3.05, 3.63) is 51.2 Å². The van der Waals surface area contributed by atoms with Crippen LogP contribution in [0.2, 0.25) is 0 Å². The van der Waals surface area contributed by atoms with Crippen molar-refractivity contribution in [3.63, 3.8) is 0 Å². The fraction of sp³-hybridized carbons (Fsp3) is 0.474. The lowest BCUT2D eigenvalue weighted by atomic mass is 9.96. The first-order valence-corrected chi connectivity index (χ1v) is 9.31. The standard InChI is InChI=1S/C19H25N5O4/c1-12-13(2)28-18(22-12)11-23-7-5-14(6-8-23)10-21-16-4-3-15(19(20)25)9-17(16)24(26)27/h3-4,9,14,21H,5-8,10-11H2,1-2H3,(H2,20,25). The number of nitrogens with zero attached hydrogens (tertiary/aromatic N) is 3. The molecule has 150 valence electrons. The molecular formula is C19H25N5O4. The van der Waals surface area contributed by atoms with E-state index in [2.05, 4.69) is 15.2 Å². The molecule has 0 atom stereocenters. The topological polar surface area (TPSA) is 128 Å². The number of nitrogens with one attached hydrogen (secondary N) is 1. The third-order valence-corrected chi connectivity index (χ3v) is 5.20. The van der Waals surface area contributed by atoms with E-state index in [9.17, 15) is 14.9 Å². The van der Waals surface area contributed by atoms with E-state index in [1.165, 1.54) is 12.1 Å². The molecule has 3 rings (SSSR count). The number of hydrogen-bond donors (Lipinski definition) is 2. The third kappa shape index (κ3) is 4.66. The molecule has 0 aliphatic carbocycles. The molecule has 3 N–H and O–H groups in total. The van der Waals surface area contributed by atoms with Gasteiger partial charge in [-0.1, -0.05) is 0 Å². The summed E-state index contributed by atoms with van der Waals surface area (Å²) in [6, 6.07) is 4.26. The number of nitrogens with two attached hydrogens (primary N) is 1. The molecule has 0 unspecified atom stereocenters. The highest BCUT2D eigenvalue weighted by molar-refractivity contribution is 5.94. The molecule has 1 amide bonds. The Bertz CT molecular complexity index is 852. The first-order valence-electron chi connectivity index (χ1n) is 9.31. The van der Waals surface area contributed by atoms with Crippen molar-refractivity contribution in [3.8, 4) is 0 Å². The Morgan fingerprint density at radius 1 is 1.39 bits per heavy atom. The molecule has 1 aromatic heterocycles. The summed E-state index contributed by atoms with van der Waals surface area (Å²) in [6.07, 6.45) is 1.97. The Labute approximate surface area is 163 Å². The number of primary amides is 1. The number of hydrogen-bond acceptors (Lipinski definition) is 7. The van der Waals surface area contributed by atoms with Crippen molar-refractivity contribution >= 4 is 17.3 Å². The third-order valence-electron chi connectivity index (χ3n) is 5.20. The summed E-state index contributed by atoms with van der Waals surface area (Å²) >= 11 is 0. The zero-order valence-electron chi connectivity index (χ0n) is 16.1. The van der Waals surface area contributed by atoms with Gasteiger partial charge in [0.1, 0.15) is 11.4 Å². The highest BCUT2D eigenvalue weighted by atomic mass is 16.6. The molecule has 0 spiro atoms. The Hall–Kier alpha value is -2.94. The van der Waals surface area contributed by atoms with Crippen LogP contribution in [0, 0.1) is 29.9 Å². The highest BCUT2D eigenvalue weighted by Crippen LogP contribution is 2.27. The summed E-state index contributed by atoms with van der Waals surface area (Å²) in [4.78, 5) is 28.8. The van der Waals surface area contributed by atoms with Gasteiger partial charge in [-0.2, -0.15) is 0 Å². The zero-order chi connectivity index (χ0) is 20.3. The van der Waals surface area contributed by atoms with Crippen LogP contribution in [-0.2, 0) is 6.54 Å². The van der Waals surface area contributed by atoms with Gasteiger partial charge >= 0.3 is 0 Å². The van der Waals surface area contributed by atoms with E-state index in [1.54, 1.807) is 6.07 Å². The van der Waals surface area contributed by atoms with E-state index in [4.69, 9.17) is 10.2 Å². The number of oxazole rings is 1. The molecule has 0 radical (unpaired) electrons. The van der Waals surface area contributed by atoms with Crippen LogP contribution in [0.15, 0.2) is 22.6 Å². The van der Waals surface area contributed by atoms with Crippen molar-refractivity contribution in [1.29, 1.82) is 0 Å². The molecule has 0 saturated carbocycles. The number of rotatable bonds is 7. The van der Waals surface area contributed by atoms with Crippen molar-refractivity contribution in [1.82, 2.24) is 9.88 Å². The summed E-state index contributed by atoms with van der Waals surface area (Å²) in [5, 5.41) is 14.4.